The van der Waals surface area contributed by atoms with E-state index in [2.05, 4.69) is 5.32 Å². The molecule has 0 bridgehead atoms. The molecule has 0 fully saturated rings. The summed E-state index contributed by atoms with van der Waals surface area (Å²) in [4.78, 5) is 13.9. The first-order valence-corrected chi connectivity index (χ1v) is 9.76. The lowest BCUT2D eigenvalue weighted by Gasteiger charge is -2.32. The second kappa shape index (κ2) is 7.84. The van der Waals surface area contributed by atoms with Gasteiger partial charge in [-0.15, -0.1) is 0 Å². The van der Waals surface area contributed by atoms with Gasteiger partial charge in [-0.3, -0.25) is 4.79 Å². The van der Waals surface area contributed by atoms with Crippen molar-refractivity contribution in [3.8, 4) is 0 Å². The first-order chi connectivity index (χ1) is 13.4. The monoisotopic (exact) mass is 410 g/mol. The van der Waals surface area contributed by atoms with Gasteiger partial charge in [-0.1, -0.05) is 20.8 Å². The minimum absolute atomic E-state index is 0.120. The summed E-state index contributed by atoms with van der Waals surface area (Å²) in [5.74, 6) is -0.450. The molecule has 1 aliphatic heterocycles. The van der Waals surface area contributed by atoms with Gasteiger partial charge in [0.25, 0.3) is 0 Å². The molecule has 0 saturated heterocycles. The van der Waals surface area contributed by atoms with Crippen LogP contribution >= 0.6 is 0 Å². The second-order valence-corrected chi connectivity index (χ2v) is 8.86. The first-order valence-electron chi connectivity index (χ1n) is 9.76. The van der Waals surface area contributed by atoms with Crippen LogP contribution in [0, 0.1) is 5.41 Å². The van der Waals surface area contributed by atoms with Gasteiger partial charge in [-0.05, 0) is 60.1 Å². The van der Waals surface area contributed by atoms with E-state index < -0.39 is 23.8 Å². The Bertz CT molecular complexity index is 849. The quantitative estimate of drug-likeness (QED) is 0.599. The summed E-state index contributed by atoms with van der Waals surface area (Å²) in [6, 6.07) is 3.95. The third-order valence-electron chi connectivity index (χ3n) is 5.02. The normalized spacial score (nSPS) is 20.0. The number of carbonyl (C=O) groups excluding carboxylic acids is 1. The lowest BCUT2D eigenvalue weighted by molar-refractivity contribution is -0.136. The summed E-state index contributed by atoms with van der Waals surface area (Å²) in [6.45, 7) is 6.03. The van der Waals surface area contributed by atoms with Crippen molar-refractivity contribution in [1.82, 2.24) is 0 Å². The van der Waals surface area contributed by atoms with Crippen molar-refractivity contribution in [3.05, 3.63) is 47.2 Å². The lowest BCUT2D eigenvalue weighted by Crippen LogP contribution is -2.26. The van der Waals surface area contributed by atoms with E-state index in [4.69, 9.17) is 0 Å². The van der Waals surface area contributed by atoms with Crippen molar-refractivity contribution in [2.45, 2.75) is 58.8 Å². The summed E-state index contributed by atoms with van der Waals surface area (Å²) in [7, 11) is 0. The second-order valence-electron chi connectivity index (χ2n) is 8.86. The van der Waals surface area contributed by atoms with Crippen LogP contribution in [-0.2, 0) is 11.0 Å². The topological polar surface area (TPSA) is 32.3 Å². The van der Waals surface area contributed by atoms with Gasteiger partial charge >= 0.3 is 6.18 Å². The fourth-order valence-electron chi connectivity index (χ4n) is 3.68. The molecule has 1 heterocycles. The summed E-state index contributed by atoms with van der Waals surface area (Å²) in [6.07, 6.45) is -0.419. The van der Waals surface area contributed by atoms with Crippen molar-refractivity contribution < 1.29 is 22.4 Å². The van der Waals surface area contributed by atoms with E-state index in [9.17, 15) is 22.4 Å². The zero-order chi connectivity index (χ0) is 21.4. The number of allylic oxidation sites excluding steroid dienone is 2. The highest BCUT2D eigenvalue weighted by atomic mass is 19.4. The number of halogens is 4. The third-order valence-corrected chi connectivity index (χ3v) is 5.02. The zero-order valence-corrected chi connectivity index (χ0v) is 16.9. The zero-order valence-electron chi connectivity index (χ0n) is 16.9. The van der Waals surface area contributed by atoms with E-state index in [0.29, 0.717) is 31.5 Å². The molecule has 0 aromatic heterocycles. The Hall–Kier alpha value is -2.31. The Morgan fingerprint density at radius 2 is 1.90 bits per heavy atom. The van der Waals surface area contributed by atoms with Crippen LogP contribution in [-0.4, -0.2) is 18.6 Å². The minimum Gasteiger partial charge on any atom is -0.347 e. The van der Waals surface area contributed by atoms with Crippen LogP contribution in [0.15, 0.2) is 41.6 Å². The largest absolute Gasteiger partial charge is 0.418 e. The van der Waals surface area contributed by atoms with Crippen LogP contribution in [0.3, 0.4) is 0 Å². The number of alkyl halides is 4. The molecule has 0 spiro atoms. The van der Waals surface area contributed by atoms with Crippen molar-refractivity contribution in [1.29, 1.82) is 0 Å². The van der Waals surface area contributed by atoms with Gasteiger partial charge in [0.1, 0.15) is 6.17 Å². The van der Waals surface area contributed by atoms with Crippen LogP contribution in [0.4, 0.5) is 28.9 Å². The molecule has 1 aromatic carbocycles. The van der Waals surface area contributed by atoms with Crippen molar-refractivity contribution >= 4 is 17.3 Å². The average molecular weight is 410 g/mol. The van der Waals surface area contributed by atoms with E-state index in [1.807, 2.05) is 27.0 Å². The molecule has 29 heavy (non-hydrogen) atoms. The molecular formula is C22H26F4N2O. The Labute approximate surface area is 168 Å². The highest BCUT2D eigenvalue weighted by Gasteiger charge is 2.35. The van der Waals surface area contributed by atoms with Gasteiger partial charge in [0.05, 0.1) is 11.3 Å². The Morgan fingerprint density at radius 1 is 1.17 bits per heavy atom. The number of anilines is 2. The number of nitrogens with one attached hydrogen (secondary N) is 1. The SMILES string of the molecule is CC(C)(C)CC(=O)Nc1ccc(N2C=C3CCC(F)C=C3CC2)cc1C(F)(F)F. The van der Waals surface area contributed by atoms with Crippen molar-refractivity contribution in [2.24, 2.45) is 5.41 Å². The van der Waals surface area contributed by atoms with Crippen LogP contribution < -0.4 is 10.2 Å². The summed E-state index contributed by atoms with van der Waals surface area (Å²) in [5.41, 5.74) is 0.887. The molecule has 3 nitrogen and oxygen atoms in total. The summed E-state index contributed by atoms with van der Waals surface area (Å²) >= 11 is 0. The molecule has 0 radical (unpaired) electrons. The molecule has 1 aromatic rings. The van der Waals surface area contributed by atoms with E-state index in [1.54, 1.807) is 17.0 Å². The van der Waals surface area contributed by atoms with E-state index >= 15 is 0 Å². The minimum atomic E-state index is -4.60. The van der Waals surface area contributed by atoms with Gasteiger partial charge in [0.2, 0.25) is 5.91 Å². The predicted molar refractivity (Wildman–Crippen MR) is 106 cm³/mol. The first kappa shape index (κ1) is 21.4. The molecule has 1 unspecified atom stereocenters. The van der Waals surface area contributed by atoms with Crippen molar-refractivity contribution in [3.63, 3.8) is 0 Å². The van der Waals surface area contributed by atoms with E-state index in [1.165, 1.54) is 6.07 Å². The Balaban J connectivity index is 1.88. The molecular weight excluding hydrogens is 384 g/mol. The summed E-state index contributed by atoms with van der Waals surface area (Å²) in [5, 5.41) is 2.41. The number of amides is 1. The maximum Gasteiger partial charge on any atom is 0.418 e. The van der Waals surface area contributed by atoms with Gasteiger partial charge in [0, 0.05) is 24.9 Å². The number of fused-ring (bicyclic) bond motifs is 1. The number of benzene rings is 1. The average Bonchev–Trinajstić information content (AvgIpc) is 2.59. The summed E-state index contributed by atoms with van der Waals surface area (Å²) < 4.78 is 54.5. The van der Waals surface area contributed by atoms with Crippen LogP contribution in [0.25, 0.3) is 0 Å². The number of rotatable bonds is 3. The molecule has 7 heteroatoms. The molecule has 1 amide bonds. The maximum absolute atomic E-state index is 13.7. The number of nitrogens with zero attached hydrogens (tertiary/aromatic N) is 1. The van der Waals surface area contributed by atoms with Crippen LogP contribution in [0.1, 0.15) is 52.0 Å². The van der Waals surface area contributed by atoms with E-state index in [0.717, 1.165) is 17.2 Å². The predicted octanol–water partition coefficient (Wildman–Crippen LogP) is 6.23. The van der Waals surface area contributed by atoms with Gasteiger partial charge in [-0.2, -0.15) is 13.2 Å². The highest BCUT2D eigenvalue weighted by Crippen LogP contribution is 2.39. The molecule has 1 atom stereocenters. The van der Waals surface area contributed by atoms with E-state index in [-0.39, 0.29) is 17.5 Å². The lowest BCUT2D eigenvalue weighted by atomic mass is 9.89. The molecule has 0 saturated carbocycles. The molecule has 2 aliphatic rings. The standard InChI is InChI=1S/C22H26F4N2O/c1-21(2,3)12-20(29)27-19-7-6-17(11-18(19)22(24,25)26)28-9-8-14-10-16(23)5-4-15(14)13-28/h6-7,10-11,13,16H,4-5,8-9,12H2,1-3H3,(H,27,29). The molecule has 1 N–H and O–H groups in total. The highest BCUT2D eigenvalue weighted by molar-refractivity contribution is 5.92. The number of hydrogen-bond donors (Lipinski definition) is 1. The smallest absolute Gasteiger partial charge is 0.347 e. The Morgan fingerprint density at radius 3 is 2.55 bits per heavy atom. The van der Waals surface area contributed by atoms with Crippen LogP contribution in [0.2, 0.25) is 0 Å². The fourth-order valence-corrected chi connectivity index (χ4v) is 3.68. The fraction of sp³-hybridized carbons (Fsp3) is 0.500. The van der Waals surface area contributed by atoms with Gasteiger partial charge in [0.15, 0.2) is 0 Å². The maximum atomic E-state index is 13.7. The molecule has 1 aliphatic carbocycles. The van der Waals surface area contributed by atoms with Gasteiger partial charge < -0.3 is 10.2 Å². The number of hydrogen-bond acceptors (Lipinski definition) is 2. The molecule has 158 valence electrons. The Kier molecular flexibility index (Phi) is 5.79. The van der Waals surface area contributed by atoms with Crippen molar-refractivity contribution in [2.75, 3.05) is 16.8 Å². The van der Waals surface area contributed by atoms with Crippen LogP contribution in [0.5, 0.6) is 0 Å². The van der Waals surface area contributed by atoms with Gasteiger partial charge in [-0.25, -0.2) is 4.39 Å². The number of carbonyl (C=O) groups is 1. The third kappa shape index (κ3) is 5.40. The molecule has 3 rings (SSSR count).